The zero-order valence-corrected chi connectivity index (χ0v) is 25.0. The molecule has 8 nitrogen and oxygen atoms in total. The van der Waals surface area contributed by atoms with Crippen molar-refractivity contribution in [1.82, 2.24) is 20.0 Å². The molecule has 0 aliphatic carbocycles. The highest BCUT2D eigenvalue weighted by molar-refractivity contribution is 7.89. The average Bonchev–Trinajstić information content (AvgIpc) is 3.50. The first kappa shape index (κ1) is 28.1. The van der Waals surface area contributed by atoms with Crippen molar-refractivity contribution < 1.29 is 8.42 Å². The molecule has 38 heavy (non-hydrogen) atoms. The molecule has 0 spiro atoms. The van der Waals surface area contributed by atoms with Crippen LogP contribution in [0.4, 0.5) is 16.5 Å². The van der Waals surface area contributed by atoms with Gasteiger partial charge in [-0.25, -0.2) is 23.1 Å². The molecule has 0 fully saturated rings. The number of anilines is 3. The Morgan fingerprint density at radius 3 is 2.37 bits per heavy atom. The van der Waals surface area contributed by atoms with Crippen molar-refractivity contribution in [2.24, 2.45) is 0 Å². The minimum atomic E-state index is -3.83. The van der Waals surface area contributed by atoms with Crippen molar-refractivity contribution >= 4 is 66.5 Å². The molecule has 0 unspecified atom stereocenters. The zero-order valence-electron chi connectivity index (χ0n) is 21.7. The summed E-state index contributed by atoms with van der Waals surface area (Å²) in [4.78, 5) is 9.75. The number of sulfonamides is 1. The third kappa shape index (κ3) is 7.35. The van der Waals surface area contributed by atoms with Crippen molar-refractivity contribution in [2.75, 3.05) is 10.6 Å². The largest absolute Gasteiger partial charge is 0.360 e. The number of rotatable bonds is 8. The number of aromatic nitrogens is 2. The van der Waals surface area contributed by atoms with Crippen LogP contribution in [-0.4, -0.2) is 35.1 Å². The lowest BCUT2D eigenvalue weighted by Crippen LogP contribution is -2.40. The summed E-state index contributed by atoms with van der Waals surface area (Å²) >= 11 is 8.19. The Hall–Kier alpha value is -2.90. The molecule has 0 saturated carbocycles. The molecule has 4 N–H and O–H groups in total. The molecule has 2 heterocycles. The molecule has 4 aromatic rings. The zero-order chi connectivity index (χ0) is 27.5. The summed E-state index contributed by atoms with van der Waals surface area (Å²) in [7, 11) is -3.83. The second-order valence-corrected chi connectivity index (χ2v) is 13.9. The lowest BCUT2D eigenvalue weighted by Gasteiger charge is -2.22. The summed E-state index contributed by atoms with van der Waals surface area (Å²) in [5, 5.41) is 13.4. The highest BCUT2D eigenvalue weighted by Gasteiger charge is 2.26. The normalized spacial score (nSPS) is 11.9. The summed E-state index contributed by atoms with van der Waals surface area (Å²) < 4.78 is 29.7. The first-order valence-electron chi connectivity index (χ1n) is 11.9. The molecule has 0 saturated heterocycles. The van der Waals surface area contributed by atoms with Crippen LogP contribution in [0, 0.1) is 0 Å². The minimum Gasteiger partial charge on any atom is -0.360 e. The molecule has 0 bridgehead atoms. The van der Waals surface area contributed by atoms with Gasteiger partial charge in [-0.2, -0.15) is 0 Å². The van der Waals surface area contributed by atoms with E-state index in [1.807, 2.05) is 70.3 Å². The molecule has 12 heteroatoms. The predicted molar refractivity (Wildman–Crippen MR) is 163 cm³/mol. The topological polar surface area (TPSA) is 108 Å². The molecule has 0 amide bonds. The summed E-state index contributed by atoms with van der Waals surface area (Å²) in [6.07, 6.45) is 3.41. The van der Waals surface area contributed by atoms with Crippen LogP contribution in [-0.2, 0) is 10.0 Å². The first-order valence-corrected chi connectivity index (χ1v) is 15.5. The highest BCUT2D eigenvalue weighted by Crippen LogP contribution is 2.37. The van der Waals surface area contributed by atoms with Crippen LogP contribution >= 0.6 is 34.9 Å². The second kappa shape index (κ2) is 11.5. The van der Waals surface area contributed by atoms with E-state index in [9.17, 15) is 8.42 Å². The molecule has 0 atom stereocenters. The van der Waals surface area contributed by atoms with Crippen molar-refractivity contribution in [1.29, 1.82) is 0 Å². The molecular formula is C26H30N6O2S4. The van der Waals surface area contributed by atoms with E-state index >= 15 is 0 Å². The summed E-state index contributed by atoms with van der Waals surface area (Å²) in [5.74, 6) is 0. The lowest BCUT2D eigenvalue weighted by atomic mass is 10.1. The van der Waals surface area contributed by atoms with E-state index in [0.717, 1.165) is 21.1 Å². The third-order valence-corrected chi connectivity index (χ3v) is 8.76. The van der Waals surface area contributed by atoms with Crippen LogP contribution in [0.2, 0.25) is 0 Å². The standard InChI is InChI=1S/C26H30N6O2S4/c1-16(2)29-24(35)30-18-8-6-17(7-9-18)23-28-15-21(37-23)20-11-10-19(31-25-27-12-13-36-25)14-22(20)38(33,34)32-26(3,4)5/h6-16,32H,1-5H3,(H,27,31)(H2,29,30,35). The fraction of sp³-hybridized carbons (Fsp3) is 0.269. The Morgan fingerprint density at radius 1 is 1.03 bits per heavy atom. The van der Waals surface area contributed by atoms with Gasteiger partial charge in [0.1, 0.15) is 5.01 Å². The molecule has 0 aliphatic heterocycles. The number of nitrogens with zero attached hydrogens (tertiary/aromatic N) is 2. The number of nitrogens with one attached hydrogen (secondary N) is 4. The van der Waals surface area contributed by atoms with Gasteiger partial charge in [0.25, 0.3) is 0 Å². The van der Waals surface area contributed by atoms with Crippen molar-refractivity contribution in [2.45, 2.75) is 51.1 Å². The van der Waals surface area contributed by atoms with Crippen molar-refractivity contribution in [3.63, 3.8) is 0 Å². The van der Waals surface area contributed by atoms with Gasteiger partial charge in [-0.05, 0) is 83.2 Å². The van der Waals surface area contributed by atoms with Crippen molar-refractivity contribution in [3.8, 4) is 21.0 Å². The van der Waals surface area contributed by atoms with E-state index in [1.54, 1.807) is 24.5 Å². The highest BCUT2D eigenvalue weighted by atomic mass is 32.2. The molecule has 2 aromatic heterocycles. The van der Waals surface area contributed by atoms with Crippen molar-refractivity contribution in [3.05, 3.63) is 60.2 Å². The first-order chi connectivity index (χ1) is 17.9. The Balaban J connectivity index is 1.64. The maximum Gasteiger partial charge on any atom is 0.241 e. The van der Waals surface area contributed by atoms with E-state index in [4.69, 9.17) is 12.2 Å². The molecule has 0 radical (unpaired) electrons. The Labute approximate surface area is 237 Å². The maximum absolute atomic E-state index is 13.5. The molecular weight excluding hydrogens is 557 g/mol. The summed E-state index contributed by atoms with van der Waals surface area (Å²) in [6.45, 7) is 9.50. The van der Waals surface area contributed by atoms with E-state index in [0.29, 0.717) is 21.5 Å². The van der Waals surface area contributed by atoms with Crippen LogP contribution < -0.4 is 20.7 Å². The predicted octanol–water partition coefficient (Wildman–Crippen LogP) is 6.45. The number of thiocarbonyl (C=S) groups is 1. The number of benzene rings is 2. The fourth-order valence-electron chi connectivity index (χ4n) is 3.55. The Morgan fingerprint density at radius 2 is 1.74 bits per heavy atom. The Kier molecular flexibility index (Phi) is 8.48. The minimum absolute atomic E-state index is 0.176. The fourth-order valence-corrected chi connectivity index (χ4v) is 7.14. The van der Waals surface area contributed by atoms with E-state index < -0.39 is 15.6 Å². The van der Waals surface area contributed by atoms with Gasteiger partial charge in [0.15, 0.2) is 10.2 Å². The quantitative estimate of drug-likeness (QED) is 0.175. The SMILES string of the molecule is CC(C)NC(=S)Nc1ccc(-c2ncc(-c3ccc(Nc4nccs4)cc3S(=O)(=O)NC(C)(C)C)s2)cc1. The van der Waals surface area contributed by atoms with Gasteiger partial charge < -0.3 is 16.0 Å². The van der Waals surface area contributed by atoms with Gasteiger partial charge in [0.05, 0.1) is 9.77 Å². The number of thiazole rings is 2. The molecule has 2 aromatic carbocycles. The van der Waals surface area contributed by atoms with Gasteiger partial charge in [0.2, 0.25) is 10.0 Å². The van der Waals surface area contributed by atoms with Crippen LogP contribution in [0.5, 0.6) is 0 Å². The van der Waals surface area contributed by atoms with E-state index in [2.05, 4.69) is 30.6 Å². The molecule has 0 aliphatic rings. The van der Waals surface area contributed by atoms with E-state index in [1.165, 1.54) is 22.7 Å². The van der Waals surface area contributed by atoms with Gasteiger partial charge >= 0.3 is 0 Å². The Bertz CT molecular complexity index is 1510. The van der Waals surface area contributed by atoms with Gasteiger partial charge in [-0.1, -0.05) is 6.07 Å². The third-order valence-electron chi connectivity index (χ3n) is 4.98. The van der Waals surface area contributed by atoms with Crippen LogP contribution in [0.25, 0.3) is 21.0 Å². The van der Waals surface area contributed by atoms with Crippen LogP contribution in [0.1, 0.15) is 34.6 Å². The van der Waals surface area contributed by atoms with Gasteiger partial charge in [-0.3, -0.25) is 0 Å². The van der Waals surface area contributed by atoms with Gasteiger partial charge in [0, 0.05) is 51.9 Å². The number of hydrogen-bond acceptors (Lipinski definition) is 8. The van der Waals surface area contributed by atoms with Crippen LogP contribution in [0.3, 0.4) is 0 Å². The smallest absolute Gasteiger partial charge is 0.241 e. The van der Waals surface area contributed by atoms with Crippen LogP contribution in [0.15, 0.2) is 65.1 Å². The lowest BCUT2D eigenvalue weighted by molar-refractivity contribution is 0.491. The summed E-state index contributed by atoms with van der Waals surface area (Å²) in [6, 6.07) is 13.3. The van der Waals surface area contributed by atoms with Gasteiger partial charge in [-0.15, -0.1) is 22.7 Å². The maximum atomic E-state index is 13.5. The monoisotopic (exact) mass is 586 g/mol. The second-order valence-electron chi connectivity index (χ2n) is 9.89. The van der Waals surface area contributed by atoms with E-state index in [-0.39, 0.29) is 10.9 Å². The molecule has 200 valence electrons. The summed E-state index contributed by atoms with van der Waals surface area (Å²) in [5.41, 5.74) is 2.37. The molecule has 4 rings (SSSR count). The number of hydrogen-bond donors (Lipinski definition) is 4. The average molecular weight is 587 g/mol.